The van der Waals surface area contributed by atoms with Crippen LogP contribution < -0.4 is 0 Å². The fraction of sp³-hybridized carbons (Fsp3) is 0. The molecule has 9 aromatic rings. The second kappa shape index (κ2) is 9.75. The Morgan fingerprint density at radius 1 is 0.386 bits per heavy atom. The van der Waals surface area contributed by atoms with E-state index in [4.69, 9.17) is 4.98 Å². The summed E-state index contributed by atoms with van der Waals surface area (Å²) < 4.78 is 4.49. The molecular formula is C39H25N5. The summed E-state index contributed by atoms with van der Waals surface area (Å²) in [5.41, 5.74) is 8.99. The van der Waals surface area contributed by atoms with E-state index in [-0.39, 0.29) is 0 Å². The Balaban J connectivity index is 1.23. The van der Waals surface area contributed by atoms with Crippen LogP contribution in [-0.4, -0.2) is 24.1 Å². The molecule has 0 spiro atoms. The Morgan fingerprint density at radius 3 is 1.57 bits per heavy atom. The molecule has 0 atom stereocenters. The van der Waals surface area contributed by atoms with E-state index < -0.39 is 0 Å². The van der Waals surface area contributed by atoms with Crippen LogP contribution in [0.25, 0.3) is 77.8 Å². The smallest absolute Gasteiger partial charge is 0.238 e. The van der Waals surface area contributed by atoms with Crippen molar-refractivity contribution in [2.45, 2.75) is 0 Å². The van der Waals surface area contributed by atoms with Crippen molar-refractivity contribution in [3.63, 3.8) is 0 Å². The van der Waals surface area contributed by atoms with Crippen LogP contribution in [0.5, 0.6) is 0 Å². The maximum Gasteiger partial charge on any atom is 0.238 e. The zero-order chi connectivity index (χ0) is 29.0. The molecule has 0 saturated heterocycles. The average molecular weight is 564 g/mol. The predicted molar refractivity (Wildman–Crippen MR) is 179 cm³/mol. The van der Waals surface area contributed by atoms with Crippen molar-refractivity contribution < 1.29 is 0 Å². The number of hydrogen-bond acceptors (Lipinski definition) is 3. The molecule has 0 N–H and O–H groups in total. The van der Waals surface area contributed by atoms with E-state index >= 15 is 0 Å². The topological polar surface area (TPSA) is 48.5 Å². The Kier molecular flexibility index (Phi) is 5.43. The van der Waals surface area contributed by atoms with Crippen LogP contribution in [0.4, 0.5) is 0 Å². The quantitative estimate of drug-likeness (QED) is 0.214. The summed E-state index contributed by atoms with van der Waals surface area (Å²) in [6.07, 6.45) is 1.60. The molecule has 3 aromatic heterocycles. The standard InChI is InChI=1S/C39H25N5/c1-3-11-26(12-4-1)38-40-25-41-39(42-38)44-35-18-10-8-16-31(35)33-24-28(20-22-37(33)44)27-19-21-36-32(23-27)30-15-7-9-17-34(30)43(36)29-13-5-2-6-14-29/h1-25H. The third-order valence-corrected chi connectivity index (χ3v) is 8.48. The SMILES string of the molecule is c1ccc(-c2ncnc(-n3c4ccccc4c4cc(-c5ccc6c(c5)c5ccccc5n6-c5ccccc5)ccc43)n2)cc1. The first-order valence-corrected chi connectivity index (χ1v) is 14.7. The van der Waals surface area contributed by atoms with Gasteiger partial charge in [-0.3, -0.25) is 4.57 Å². The Morgan fingerprint density at radius 2 is 0.909 bits per heavy atom. The van der Waals surface area contributed by atoms with Gasteiger partial charge >= 0.3 is 0 Å². The van der Waals surface area contributed by atoms with E-state index in [0.29, 0.717) is 11.8 Å². The zero-order valence-corrected chi connectivity index (χ0v) is 23.7. The van der Waals surface area contributed by atoms with Crippen molar-refractivity contribution in [2.24, 2.45) is 0 Å². The molecule has 3 heterocycles. The fourth-order valence-corrected chi connectivity index (χ4v) is 6.50. The van der Waals surface area contributed by atoms with Crippen LogP contribution in [-0.2, 0) is 0 Å². The van der Waals surface area contributed by atoms with E-state index in [1.165, 1.54) is 32.9 Å². The second-order valence-electron chi connectivity index (χ2n) is 11.0. The summed E-state index contributed by atoms with van der Waals surface area (Å²) in [7, 11) is 0. The molecule has 0 fully saturated rings. The molecule has 0 unspecified atom stereocenters. The van der Waals surface area contributed by atoms with Crippen LogP contribution >= 0.6 is 0 Å². The lowest BCUT2D eigenvalue weighted by Crippen LogP contribution is -2.03. The highest BCUT2D eigenvalue weighted by Gasteiger charge is 2.17. The Bertz CT molecular complexity index is 2490. The van der Waals surface area contributed by atoms with Gasteiger partial charge in [0, 0.05) is 32.8 Å². The summed E-state index contributed by atoms with van der Waals surface area (Å²) in [6.45, 7) is 0. The van der Waals surface area contributed by atoms with Gasteiger partial charge in [-0.25, -0.2) is 9.97 Å². The summed E-state index contributed by atoms with van der Waals surface area (Å²) in [4.78, 5) is 14.0. The molecule has 0 aliphatic carbocycles. The lowest BCUT2D eigenvalue weighted by atomic mass is 10.0. The van der Waals surface area contributed by atoms with Gasteiger partial charge in [0.2, 0.25) is 5.95 Å². The van der Waals surface area contributed by atoms with Gasteiger partial charge in [0.1, 0.15) is 6.33 Å². The molecule has 0 aliphatic rings. The van der Waals surface area contributed by atoms with Gasteiger partial charge in [0.25, 0.3) is 0 Å². The largest absolute Gasteiger partial charge is 0.309 e. The zero-order valence-electron chi connectivity index (χ0n) is 23.7. The van der Waals surface area contributed by atoms with Crippen molar-refractivity contribution in [2.75, 3.05) is 0 Å². The summed E-state index contributed by atoms with van der Waals surface area (Å²) >= 11 is 0. The Labute approximate surface area is 253 Å². The molecule has 0 saturated carbocycles. The van der Waals surface area contributed by atoms with Gasteiger partial charge in [-0.15, -0.1) is 0 Å². The Hall–Kier alpha value is -6.07. The summed E-state index contributed by atoms with van der Waals surface area (Å²) in [6, 6.07) is 51.2. The van der Waals surface area contributed by atoms with E-state index in [2.05, 4.69) is 134 Å². The number of rotatable bonds is 4. The maximum atomic E-state index is 4.90. The molecule has 0 radical (unpaired) electrons. The van der Waals surface area contributed by atoms with Crippen LogP contribution in [0.2, 0.25) is 0 Å². The molecule has 9 rings (SSSR count). The second-order valence-corrected chi connectivity index (χ2v) is 11.0. The first-order chi connectivity index (χ1) is 21.8. The van der Waals surface area contributed by atoms with E-state index in [9.17, 15) is 0 Å². The van der Waals surface area contributed by atoms with Gasteiger partial charge in [0.15, 0.2) is 5.82 Å². The molecule has 0 amide bonds. The third kappa shape index (κ3) is 3.76. The molecule has 0 bridgehead atoms. The highest BCUT2D eigenvalue weighted by atomic mass is 15.2. The van der Waals surface area contributed by atoms with Gasteiger partial charge < -0.3 is 4.57 Å². The van der Waals surface area contributed by atoms with Crippen LogP contribution in [0.15, 0.2) is 152 Å². The predicted octanol–water partition coefficient (Wildman–Crippen LogP) is 9.40. The monoisotopic (exact) mass is 563 g/mol. The van der Waals surface area contributed by atoms with Crippen molar-refractivity contribution in [1.82, 2.24) is 24.1 Å². The first kappa shape index (κ1) is 24.5. The van der Waals surface area contributed by atoms with Gasteiger partial charge in [-0.05, 0) is 59.7 Å². The first-order valence-electron chi connectivity index (χ1n) is 14.7. The van der Waals surface area contributed by atoms with Crippen LogP contribution in [0, 0.1) is 0 Å². The number of fused-ring (bicyclic) bond motifs is 6. The lowest BCUT2D eigenvalue weighted by molar-refractivity contribution is 0.946. The van der Waals surface area contributed by atoms with E-state index in [1.807, 2.05) is 30.3 Å². The molecule has 44 heavy (non-hydrogen) atoms. The minimum atomic E-state index is 0.605. The molecule has 6 aromatic carbocycles. The minimum Gasteiger partial charge on any atom is -0.309 e. The van der Waals surface area contributed by atoms with Crippen molar-refractivity contribution in [3.05, 3.63) is 152 Å². The highest BCUT2D eigenvalue weighted by Crippen LogP contribution is 2.37. The van der Waals surface area contributed by atoms with Crippen LogP contribution in [0.1, 0.15) is 0 Å². The average Bonchev–Trinajstić information content (AvgIpc) is 3.61. The summed E-state index contributed by atoms with van der Waals surface area (Å²) in [5, 5.41) is 4.80. The number of hydrogen-bond donors (Lipinski definition) is 0. The van der Waals surface area contributed by atoms with Crippen molar-refractivity contribution in [1.29, 1.82) is 0 Å². The van der Waals surface area contributed by atoms with Gasteiger partial charge in [-0.2, -0.15) is 4.98 Å². The number of aromatic nitrogens is 5. The molecular weight excluding hydrogens is 538 g/mol. The van der Waals surface area contributed by atoms with E-state index in [1.54, 1.807) is 6.33 Å². The van der Waals surface area contributed by atoms with Gasteiger partial charge in [-0.1, -0.05) is 97.1 Å². The molecule has 5 nitrogen and oxygen atoms in total. The van der Waals surface area contributed by atoms with Gasteiger partial charge in [0.05, 0.1) is 22.1 Å². The number of nitrogens with zero attached hydrogens (tertiary/aromatic N) is 5. The number of benzene rings is 6. The fourth-order valence-electron chi connectivity index (χ4n) is 6.50. The molecule has 0 aliphatic heterocycles. The van der Waals surface area contributed by atoms with Crippen LogP contribution in [0.3, 0.4) is 0 Å². The number of para-hydroxylation sites is 3. The van der Waals surface area contributed by atoms with Crippen molar-refractivity contribution in [3.8, 4) is 34.2 Å². The van der Waals surface area contributed by atoms with Crippen molar-refractivity contribution >= 4 is 43.6 Å². The minimum absolute atomic E-state index is 0.605. The normalized spacial score (nSPS) is 11.6. The lowest BCUT2D eigenvalue weighted by Gasteiger charge is -2.09. The maximum absolute atomic E-state index is 4.90. The highest BCUT2D eigenvalue weighted by molar-refractivity contribution is 6.12. The van der Waals surface area contributed by atoms with E-state index in [0.717, 1.165) is 33.1 Å². The molecule has 5 heteroatoms. The molecule has 206 valence electrons. The third-order valence-electron chi connectivity index (χ3n) is 8.48. The summed E-state index contributed by atoms with van der Waals surface area (Å²) in [5.74, 6) is 1.26.